The number of benzene rings is 1. The van der Waals surface area contributed by atoms with Gasteiger partial charge in [-0.3, -0.25) is 9.13 Å². The minimum Gasteiger partial charge on any atom is -0.297 e. The number of hydrogen-bond donors (Lipinski definition) is 0. The van der Waals surface area contributed by atoms with Crippen LogP contribution in [-0.4, -0.2) is 9.13 Å². The summed E-state index contributed by atoms with van der Waals surface area (Å²) in [5.41, 5.74) is 1.17. The highest BCUT2D eigenvalue weighted by atomic mass is 79.9. The van der Waals surface area contributed by atoms with Gasteiger partial charge in [-0.1, -0.05) is 28.1 Å². The molecule has 2 aromatic rings. The van der Waals surface area contributed by atoms with Crippen LogP contribution in [0.3, 0.4) is 0 Å². The summed E-state index contributed by atoms with van der Waals surface area (Å²) >= 11 is 3.40. The second-order valence-electron chi connectivity index (χ2n) is 4.34. The molecule has 0 atom stereocenters. The largest absolute Gasteiger partial charge is 0.328 e. The quantitative estimate of drug-likeness (QED) is 0.855. The Hall–Kier alpha value is -1.29. The van der Waals surface area contributed by atoms with E-state index in [2.05, 4.69) is 15.9 Å². The van der Waals surface area contributed by atoms with Crippen LogP contribution in [0, 0.1) is 0 Å². The highest BCUT2D eigenvalue weighted by Crippen LogP contribution is 2.11. The van der Waals surface area contributed by atoms with Gasteiger partial charge in [0.25, 0.3) is 0 Å². The highest BCUT2D eigenvalue weighted by molar-refractivity contribution is 9.10. The zero-order chi connectivity index (χ0) is 12.4. The van der Waals surface area contributed by atoms with Crippen molar-refractivity contribution in [3.63, 3.8) is 0 Å². The summed E-state index contributed by atoms with van der Waals surface area (Å²) < 4.78 is 4.51. The van der Waals surface area contributed by atoms with Crippen molar-refractivity contribution < 1.29 is 0 Å². The van der Waals surface area contributed by atoms with Gasteiger partial charge < -0.3 is 0 Å². The number of aromatic nitrogens is 2. The van der Waals surface area contributed by atoms with Gasteiger partial charge in [-0.05, 0) is 31.5 Å². The van der Waals surface area contributed by atoms with Gasteiger partial charge in [0.15, 0.2) is 0 Å². The van der Waals surface area contributed by atoms with E-state index in [9.17, 15) is 4.79 Å². The monoisotopic (exact) mass is 294 g/mol. The van der Waals surface area contributed by atoms with Crippen molar-refractivity contribution in [1.82, 2.24) is 9.13 Å². The molecule has 0 amide bonds. The molecular formula is C13H15BrN2O. The molecule has 17 heavy (non-hydrogen) atoms. The summed E-state index contributed by atoms with van der Waals surface area (Å²) in [5, 5.41) is 0. The maximum absolute atomic E-state index is 12.0. The predicted octanol–water partition coefficient (Wildman–Crippen LogP) is 3.04. The molecular weight excluding hydrogens is 280 g/mol. The lowest BCUT2D eigenvalue weighted by Crippen LogP contribution is -2.25. The van der Waals surface area contributed by atoms with Gasteiger partial charge in [0.2, 0.25) is 0 Å². The van der Waals surface area contributed by atoms with Gasteiger partial charge in [-0.2, -0.15) is 0 Å². The van der Waals surface area contributed by atoms with Crippen LogP contribution < -0.4 is 5.69 Å². The molecule has 0 spiro atoms. The molecule has 0 aliphatic heterocycles. The lowest BCUT2D eigenvalue weighted by molar-refractivity contribution is 0.561. The van der Waals surface area contributed by atoms with E-state index >= 15 is 0 Å². The van der Waals surface area contributed by atoms with Gasteiger partial charge in [0, 0.05) is 22.9 Å². The first-order valence-electron chi connectivity index (χ1n) is 5.59. The van der Waals surface area contributed by atoms with Crippen LogP contribution in [0.2, 0.25) is 0 Å². The zero-order valence-electron chi connectivity index (χ0n) is 9.93. The Balaban J connectivity index is 2.25. The van der Waals surface area contributed by atoms with E-state index in [1.165, 1.54) is 0 Å². The van der Waals surface area contributed by atoms with Gasteiger partial charge in [-0.15, -0.1) is 0 Å². The minimum absolute atomic E-state index is 0.0444. The third kappa shape index (κ3) is 2.69. The molecule has 0 unspecified atom stereocenters. The molecule has 1 heterocycles. The number of imidazole rings is 1. The summed E-state index contributed by atoms with van der Waals surface area (Å²) in [6.07, 6.45) is 3.68. The lowest BCUT2D eigenvalue weighted by atomic mass is 10.2. The number of halogens is 1. The average molecular weight is 295 g/mol. The van der Waals surface area contributed by atoms with E-state index in [-0.39, 0.29) is 11.7 Å². The molecule has 0 aliphatic carbocycles. The van der Waals surface area contributed by atoms with Crippen LogP contribution in [0.15, 0.2) is 45.9 Å². The molecule has 0 bridgehead atoms. The van der Waals surface area contributed by atoms with Crippen LogP contribution in [-0.2, 0) is 6.54 Å². The van der Waals surface area contributed by atoms with Gasteiger partial charge in [0.1, 0.15) is 0 Å². The normalized spacial score (nSPS) is 11.1. The molecule has 90 valence electrons. The third-order valence-electron chi connectivity index (χ3n) is 2.70. The molecule has 1 aromatic heterocycles. The smallest absolute Gasteiger partial charge is 0.297 e. The van der Waals surface area contributed by atoms with Gasteiger partial charge >= 0.3 is 5.69 Å². The van der Waals surface area contributed by atoms with Gasteiger partial charge in [-0.25, -0.2) is 4.79 Å². The standard InChI is InChI=1S/C13H15BrN2O/c1-10(2)16-8-7-15(13(16)17)9-11-3-5-12(14)6-4-11/h3-8,10H,9H2,1-2H3. The lowest BCUT2D eigenvalue weighted by Gasteiger charge is -2.05. The fraction of sp³-hybridized carbons (Fsp3) is 0.308. The van der Waals surface area contributed by atoms with Gasteiger partial charge in [0.05, 0.1) is 6.54 Å². The summed E-state index contributed by atoms with van der Waals surface area (Å²) in [6.45, 7) is 4.63. The fourth-order valence-electron chi connectivity index (χ4n) is 1.73. The Kier molecular flexibility index (Phi) is 3.52. The second kappa shape index (κ2) is 4.92. The van der Waals surface area contributed by atoms with E-state index in [0.29, 0.717) is 6.54 Å². The fourth-order valence-corrected chi connectivity index (χ4v) is 1.99. The molecule has 0 saturated heterocycles. The molecule has 1 aromatic carbocycles. The van der Waals surface area contributed by atoms with Crippen molar-refractivity contribution in [2.24, 2.45) is 0 Å². The Morgan fingerprint density at radius 1 is 1.18 bits per heavy atom. The maximum atomic E-state index is 12.0. The van der Waals surface area contributed by atoms with E-state index < -0.39 is 0 Å². The first kappa shape index (κ1) is 12.2. The Morgan fingerprint density at radius 2 is 1.82 bits per heavy atom. The van der Waals surface area contributed by atoms with Crippen LogP contribution in [0.5, 0.6) is 0 Å². The highest BCUT2D eigenvalue weighted by Gasteiger charge is 2.06. The number of hydrogen-bond acceptors (Lipinski definition) is 1. The Bertz CT molecular complexity index is 552. The summed E-state index contributed by atoms with van der Waals surface area (Å²) in [7, 11) is 0. The van der Waals surface area contributed by atoms with Crippen molar-refractivity contribution >= 4 is 15.9 Å². The third-order valence-corrected chi connectivity index (χ3v) is 3.22. The number of nitrogens with zero attached hydrogens (tertiary/aromatic N) is 2. The first-order valence-corrected chi connectivity index (χ1v) is 6.39. The molecule has 2 rings (SSSR count). The van der Waals surface area contributed by atoms with Crippen molar-refractivity contribution in [3.8, 4) is 0 Å². The molecule has 0 aliphatic rings. The van der Waals surface area contributed by atoms with Crippen molar-refractivity contribution in [3.05, 3.63) is 57.2 Å². The van der Waals surface area contributed by atoms with E-state index in [1.54, 1.807) is 9.13 Å². The molecule has 0 saturated carbocycles. The molecule has 0 N–H and O–H groups in total. The topological polar surface area (TPSA) is 26.9 Å². The molecule has 4 heteroatoms. The first-order chi connectivity index (χ1) is 8.08. The van der Waals surface area contributed by atoms with Crippen LogP contribution >= 0.6 is 15.9 Å². The van der Waals surface area contributed by atoms with Crippen LogP contribution in [0.4, 0.5) is 0 Å². The molecule has 0 fully saturated rings. The molecule has 0 radical (unpaired) electrons. The maximum Gasteiger partial charge on any atom is 0.328 e. The van der Waals surface area contributed by atoms with Crippen LogP contribution in [0.1, 0.15) is 25.5 Å². The Morgan fingerprint density at radius 3 is 2.35 bits per heavy atom. The van der Waals surface area contributed by atoms with Crippen LogP contribution in [0.25, 0.3) is 0 Å². The van der Waals surface area contributed by atoms with Crippen molar-refractivity contribution in [1.29, 1.82) is 0 Å². The van der Waals surface area contributed by atoms with E-state index in [0.717, 1.165) is 10.0 Å². The minimum atomic E-state index is 0.0444. The molecule has 3 nitrogen and oxygen atoms in total. The van der Waals surface area contributed by atoms with E-state index in [4.69, 9.17) is 0 Å². The van der Waals surface area contributed by atoms with Crippen molar-refractivity contribution in [2.75, 3.05) is 0 Å². The zero-order valence-corrected chi connectivity index (χ0v) is 11.5. The Labute approximate surface area is 109 Å². The average Bonchev–Trinajstić information content (AvgIpc) is 2.64. The predicted molar refractivity (Wildman–Crippen MR) is 72.3 cm³/mol. The van der Waals surface area contributed by atoms with E-state index in [1.807, 2.05) is 50.5 Å². The summed E-state index contributed by atoms with van der Waals surface area (Å²) in [5.74, 6) is 0. The van der Waals surface area contributed by atoms with Crippen molar-refractivity contribution in [2.45, 2.75) is 26.4 Å². The summed E-state index contributed by atoms with van der Waals surface area (Å²) in [6, 6.07) is 8.21. The second-order valence-corrected chi connectivity index (χ2v) is 5.25. The number of rotatable bonds is 3. The summed E-state index contributed by atoms with van der Waals surface area (Å²) in [4.78, 5) is 12.0. The SMILES string of the molecule is CC(C)n1ccn(Cc2ccc(Br)cc2)c1=O.